The van der Waals surface area contributed by atoms with Crippen molar-refractivity contribution >= 4 is 23.7 Å². The fraction of sp³-hybridized carbons (Fsp3) is 0.529. The minimum absolute atomic E-state index is 0.0171. The van der Waals surface area contributed by atoms with Crippen LogP contribution in [0.15, 0.2) is 48.5 Å². The number of allylic oxidation sites excluding steroid dienone is 2. The van der Waals surface area contributed by atoms with Crippen LogP contribution in [0.5, 0.6) is 0 Å². The summed E-state index contributed by atoms with van der Waals surface area (Å²) in [6.07, 6.45) is 10.4. The summed E-state index contributed by atoms with van der Waals surface area (Å²) in [6, 6.07) is 15.9. The number of rotatable bonds is 11. The lowest BCUT2D eigenvalue weighted by molar-refractivity contribution is 0.0655. The van der Waals surface area contributed by atoms with E-state index in [1.54, 1.807) is 0 Å². The number of hydrogen-bond donors (Lipinski definition) is 0. The van der Waals surface area contributed by atoms with Gasteiger partial charge in [-0.15, -0.1) is 6.42 Å². The molecule has 0 aliphatic carbocycles. The van der Waals surface area contributed by atoms with Gasteiger partial charge >= 0.3 is 0 Å². The number of hydrogen-bond acceptors (Lipinski definition) is 2. The van der Waals surface area contributed by atoms with Gasteiger partial charge in [0.1, 0.15) is 0 Å². The molecule has 2 unspecified atom stereocenters. The molecule has 2 atom stereocenters. The first-order valence-corrected chi connectivity index (χ1v) is 18.8. The van der Waals surface area contributed by atoms with Gasteiger partial charge in [0.25, 0.3) is 0 Å². The molecule has 0 N–H and O–H groups in total. The monoisotopic (exact) mass is 546 g/mol. The maximum atomic E-state index is 6.74. The van der Waals surface area contributed by atoms with E-state index < -0.39 is 18.1 Å². The Hall–Kier alpha value is -1.91. The van der Waals surface area contributed by atoms with E-state index in [9.17, 15) is 0 Å². The summed E-state index contributed by atoms with van der Waals surface area (Å²) >= 11 is 0. The van der Waals surface area contributed by atoms with Crippen molar-refractivity contribution in [3.8, 4) is 12.3 Å². The molecular weight excluding hydrogens is 497 g/mol. The molecule has 38 heavy (non-hydrogen) atoms. The van der Waals surface area contributed by atoms with Crippen LogP contribution in [0.2, 0.25) is 26.2 Å². The molecule has 0 spiro atoms. The van der Waals surface area contributed by atoms with E-state index in [0.29, 0.717) is 0 Å². The van der Waals surface area contributed by atoms with Gasteiger partial charge < -0.3 is 8.85 Å². The van der Waals surface area contributed by atoms with Crippen LogP contribution in [0, 0.1) is 23.2 Å². The molecule has 4 heteroatoms. The summed E-state index contributed by atoms with van der Waals surface area (Å²) in [5.41, 5.74) is 7.64. The highest BCUT2D eigenvalue weighted by Gasteiger charge is 2.36. The molecule has 0 heterocycles. The first-order valence-electron chi connectivity index (χ1n) is 14.0. The predicted molar refractivity (Wildman–Crippen MR) is 169 cm³/mol. The minimum atomic E-state index is -0.903. The van der Waals surface area contributed by atoms with Crippen LogP contribution < -0.4 is 0 Å². The third-order valence-electron chi connectivity index (χ3n) is 6.63. The van der Waals surface area contributed by atoms with Gasteiger partial charge in [0.15, 0.2) is 0 Å². The standard InChI is InChI=1S/C34H50O2Si2/c1-13-16-27(14-2)28-18-15-17-25(23-28)19-20-26-21-22-29(31(33(3,4)5)35-37(9)10)30(24-26)32(34(6,7)8)36-38(11)12/h1,15-18,21-24,31-32H,14,19-20H2,2-12H3. The first-order chi connectivity index (χ1) is 17.7. The van der Waals surface area contributed by atoms with Crippen molar-refractivity contribution in [1.29, 1.82) is 0 Å². The lowest BCUT2D eigenvalue weighted by Gasteiger charge is -2.39. The zero-order chi connectivity index (χ0) is 28.7. The third kappa shape index (κ3) is 9.38. The van der Waals surface area contributed by atoms with Crippen LogP contribution in [0.25, 0.3) is 5.57 Å². The zero-order valence-corrected chi connectivity index (χ0v) is 27.8. The van der Waals surface area contributed by atoms with Crippen LogP contribution in [-0.2, 0) is 21.7 Å². The molecule has 0 amide bonds. The largest absolute Gasteiger partial charge is 0.410 e. The second-order valence-electron chi connectivity index (χ2n) is 12.9. The van der Waals surface area contributed by atoms with E-state index in [4.69, 9.17) is 15.3 Å². The molecule has 2 aromatic carbocycles. The van der Waals surface area contributed by atoms with Crippen molar-refractivity contribution < 1.29 is 8.85 Å². The highest BCUT2D eigenvalue weighted by molar-refractivity contribution is 6.48. The fourth-order valence-electron chi connectivity index (χ4n) is 4.84. The smallest absolute Gasteiger partial charge is 0.205 e. The molecule has 2 radical (unpaired) electrons. The van der Waals surface area contributed by atoms with E-state index in [1.165, 1.54) is 33.4 Å². The van der Waals surface area contributed by atoms with E-state index in [1.807, 2.05) is 6.08 Å². The molecular formula is C34H50O2Si2. The Morgan fingerprint density at radius 1 is 0.816 bits per heavy atom. The summed E-state index contributed by atoms with van der Waals surface area (Å²) < 4.78 is 13.4. The van der Waals surface area contributed by atoms with Crippen LogP contribution in [-0.4, -0.2) is 18.1 Å². The summed E-state index contributed by atoms with van der Waals surface area (Å²) in [6.45, 7) is 24.8. The second-order valence-corrected chi connectivity index (χ2v) is 17.0. The van der Waals surface area contributed by atoms with Crippen LogP contribution in [0.4, 0.5) is 0 Å². The summed E-state index contributed by atoms with van der Waals surface area (Å²) in [7, 11) is -1.79. The Labute approximate surface area is 237 Å². The lowest BCUT2D eigenvalue weighted by atomic mass is 9.77. The molecule has 0 saturated heterocycles. The molecule has 2 nitrogen and oxygen atoms in total. The molecule has 0 aliphatic rings. The quantitative estimate of drug-likeness (QED) is 0.206. The van der Waals surface area contributed by atoms with Gasteiger partial charge in [-0.25, -0.2) is 0 Å². The van der Waals surface area contributed by atoms with E-state index in [2.05, 4.69) is 123 Å². The van der Waals surface area contributed by atoms with Gasteiger partial charge in [0, 0.05) is 0 Å². The Morgan fingerprint density at radius 2 is 1.34 bits per heavy atom. The topological polar surface area (TPSA) is 18.5 Å². The Bertz CT molecular complexity index is 1110. The van der Waals surface area contributed by atoms with Crippen molar-refractivity contribution in [2.45, 2.75) is 106 Å². The fourth-order valence-corrected chi connectivity index (χ4v) is 6.74. The zero-order valence-electron chi connectivity index (χ0n) is 25.8. The number of benzene rings is 2. The average molecular weight is 547 g/mol. The van der Waals surface area contributed by atoms with Gasteiger partial charge in [-0.05, 0) is 95.7 Å². The molecule has 0 aliphatic heterocycles. The third-order valence-corrected chi connectivity index (χ3v) is 8.05. The SMILES string of the molecule is C#CC=C(CC)c1cccc(CCc2ccc(C(O[Si](C)C)C(C)(C)C)c(C(O[Si](C)C)C(C)(C)C)c2)c1. The minimum Gasteiger partial charge on any atom is -0.410 e. The van der Waals surface area contributed by atoms with Crippen LogP contribution >= 0.6 is 0 Å². The summed E-state index contributed by atoms with van der Waals surface area (Å²) in [5.74, 6) is 2.69. The molecule has 0 bridgehead atoms. The van der Waals surface area contributed by atoms with Crippen molar-refractivity contribution in [3.05, 3.63) is 76.4 Å². The van der Waals surface area contributed by atoms with Crippen molar-refractivity contribution in [1.82, 2.24) is 0 Å². The Kier molecular flexibility index (Phi) is 11.9. The highest BCUT2D eigenvalue weighted by Crippen LogP contribution is 2.45. The number of aryl methyl sites for hydroxylation is 2. The Morgan fingerprint density at radius 3 is 1.82 bits per heavy atom. The van der Waals surface area contributed by atoms with E-state index in [-0.39, 0.29) is 23.0 Å². The van der Waals surface area contributed by atoms with Gasteiger partial charge in [-0.3, -0.25) is 0 Å². The van der Waals surface area contributed by atoms with Crippen molar-refractivity contribution in [3.63, 3.8) is 0 Å². The van der Waals surface area contributed by atoms with Gasteiger partial charge in [-0.1, -0.05) is 96.9 Å². The van der Waals surface area contributed by atoms with Gasteiger partial charge in [0.2, 0.25) is 18.1 Å². The van der Waals surface area contributed by atoms with Crippen molar-refractivity contribution in [2.75, 3.05) is 0 Å². The number of terminal acetylenes is 1. The summed E-state index contributed by atoms with van der Waals surface area (Å²) in [5, 5.41) is 0. The molecule has 0 saturated carbocycles. The van der Waals surface area contributed by atoms with Gasteiger partial charge in [-0.2, -0.15) is 0 Å². The maximum absolute atomic E-state index is 6.74. The van der Waals surface area contributed by atoms with E-state index in [0.717, 1.165) is 19.3 Å². The van der Waals surface area contributed by atoms with Gasteiger partial charge in [0.05, 0.1) is 12.2 Å². The maximum Gasteiger partial charge on any atom is 0.205 e. The first kappa shape index (κ1) is 32.3. The van der Waals surface area contributed by atoms with E-state index >= 15 is 0 Å². The van der Waals surface area contributed by atoms with Crippen LogP contribution in [0.3, 0.4) is 0 Å². The molecule has 0 aromatic heterocycles. The molecule has 0 fully saturated rings. The predicted octanol–water partition coefficient (Wildman–Crippen LogP) is 9.61. The highest BCUT2D eigenvalue weighted by atomic mass is 28.3. The van der Waals surface area contributed by atoms with Crippen molar-refractivity contribution in [2.24, 2.45) is 10.8 Å². The normalized spacial score (nSPS) is 14.6. The average Bonchev–Trinajstić information content (AvgIpc) is 2.81. The molecule has 206 valence electrons. The lowest BCUT2D eigenvalue weighted by Crippen LogP contribution is -2.31. The molecule has 2 aromatic rings. The molecule has 2 rings (SSSR count). The Balaban J connectivity index is 2.53. The second kappa shape index (κ2) is 13.9. The summed E-state index contributed by atoms with van der Waals surface area (Å²) in [4.78, 5) is 0. The van der Waals surface area contributed by atoms with Crippen LogP contribution in [0.1, 0.15) is 94.9 Å².